The Balaban J connectivity index is 1.62. The molecule has 0 atom stereocenters. The van der Waals surface area contributed by atoms with Crippen LogP contribution in [0.3, 0.4) is 0 Å². The monoisotopic (exact) mass is 297 g/mol. The molecule has 114 valence electrons. The summed E-state index contributed by atoms with van der Waals surface area (Å²) in [4.78, 5) is 21.8. The molecule has 0 unspecified atom stereocenters. The number of hydrogen-bond donors (Lipinski definition) is 1. The first-order valence-electron chi connectivity index (χ1n) is 7.31. The molecule has 1 N–H and O–H groups in total. The Kier molecular flexibility index (Phi) is 4.43. The third-order valence-corrected chi connectivity index (χ3v) is 3.48. The van der Waals surface area contributed by atoms with Crippen molar-refractivity contribution in [1.82, 2.24) is 19.9 Å². The molecule has 2 aromatic rings. The number of anilines is 3. The first kappa shape index (κ1) is 14.2. The highest BCUT2D eigenvalue weighted by molar-refractivity contribution is 5.45. The number of nitrogens with one attached hydrogen (secondary N) is 1. The van der Waals surface area contributed by atoms with Gasteiger partial charge in [-0.05, 0) is 12.1 Å². The molecule has 2 aromatic heterocycles. The zero-order valence-electron chi connectivity index (χ0n) is 12.4. The summed E-state index contributed by atoms with van der Waals surface area (Å²) in [5.74, 6) is 2.36. The maximum atomic E-state index is 4.54. The van der Waals surface area contributed by atoms with Gasteiger partial charge >= 0.3 is 0 Å². The van der Waals surface area contributed by atoms with Crippen LogP contribution in [-0.2, 0) is 0 Å². The van der Waals surface area contributed by atoms with Gasteiger partial charge in [0.25, 0.3) is 0 Å². The molecule has 1 saturated heterocycles. The van der Waals surface area contributed by atoms with Gasteiger partial charge in [0.05, 0.1) is 0 Å². The quantitative estimate of drug-likeness (QED) is 0.831. The van der Waals surface area contributed by atoms with Crippen LogP contribution in [0.4, 0.5) is 17.7 Å². The summed E-state index contributed by atoms with van der Waals surface area (Å²) in [5, 5.41) is 3.11. The Morgan fingerprint density at radius 2 is 1.77 bits per heavy atom. The largest absolute Gasteiger partial charge is 0.353 e. The SMILES string of the molecule is C=CCNc1nccc(N2CCN(c3ncccn3)CC2)n1. The Morgan fingerprint density at radius 1 is 1.05 bits per heavy atom. The molecule has 3 rings (SSSR count). The fourth-order valence-electron chi connectivity index (χ4n) is 2.36. The predicted molar refractivity (Wildman–Crippen MR) is 87.2 cm³/mol. The van der Waals surface area contributed by atoms with E-state index in [1.807, 2.05) is 12.1 Å². The maximum absolute atomic E-state index is 4.54. The molecule has 7 nitrogen and oxygen atoms in total. The van der Waals surface area contributed by atoms with Crippen molar-refractivity contribution in [2.45, 2.75) is 0 Å². The van der Waals surface area contributed by atoms with Gasteiger partial charge in [0.1, 0.15) is 5.82 Å². The number of piperazine rings is 1. The van der Waals surface area contributed by atoms with Crippen LogP contribution in [-0.4, -0.2) is 52.7 Å². The van der Waals surface area contributed by atoms with Crippen molar-refractivity contribution >= 4 is 17.7 Å². The number of aromatic nitrogens is 4. The standard InChI is InChI=1S/C15H19N7/c1-2-5-16-14-17-8-4-13(20-14)21-9-11-22(12-10-21)15-18-6-3-7-19-15/h2-4,6-8H,1,5,9-12H2,(H,16,17,20). The molecule has 0 aliphatic carbocycles. The van der Waals surface area contributed by atoms with Crippen LogP contribution in [0, 0.1) is 0 Å². The van der Waals surface area contributed by atoms with Gasteiger partial charge in [-0.25, -0.2) is 15.0 Å². The summed E-state index contributed by atoms with van der Waals surface area (Å²) < 4.78 is 0. The van der Waals surface area contributed by atoms with E-state index in [0.29, 0.717) is 12.5 Å². The van der Waals surface area contributed by atoms with Crippen molar-refractivity contribution in [1.29, 1.82) is 0 Å². The molecule has 0 amide bonds. The van der Waals surface area contributed by atoms with E-state index in [0.717, 1.165) is 37.9 Å². The number of hydrogen-bond acceptors (Lipinski definition) is 7. The van der Waals surface area contributed by atoms with Crippen LogP contribution in [0.15, 0.2) is 43.4 Å². The Labute approximate surface area is 129 Å². The van der Waals surface area contributed by atoms with Crippen LogP contribution in [0.25, 0.3) is 0 Å². The average molecular weight is 297 g/mol. The van der Waals surface area contributed by atoms with Crippen molar-refractivity contribution in [2.24, 2.45) is 0 Å². The van der Waals surface area contributed by atoms with Gasteiger partial charge in [-0.15, -0.1) is 6.58 Å². The Hall–Kier alpha value is -2.70. The van der Waals surface area contributed by atoms with E-state index >= 15 is 0 Å². The summed E-state index contributed by atoms with van der Waals surface area (Å²) in [6.07, 6.45) is 7.11. The van der Waals surface area contributed by atoms with Crippen molar-refractivity contribution in [2.75, 3.05) is 47.8 Å². The predicted octanol–water partition coefficient (Wildman–Crippen LogP) is 1.19. The third-order valence-electron chi connectivity index (χ3n) is 3.48. The van der Waals surface area contributed by atoms with Crippen molar-refractivity contribution < 1.29 is 0 Å². The summed E-state index contributed by atoms with van der Waals surface area (Å²) >= 11 is 0. The van der Waals surface area contributed by atoms with Crippen molar-refractivity contribution in [3.8, 4) is 0 Å². The molecule has 22 heavy (non-hydrogen) atoms. The lowest BCUT2D eigenvalue weighted by atomic mass is 10.3. The van der Waals surface area contributed by atoms with Crippen LogP contribution < -0.4 is 15.1 Å². The fourth-order valence-corrected chi connectivity index (χ4v) is 2.36. The molecule has 0 bridgehead atoms. The molecule has 3 heterocycles. The lowest BCUT2D eigenvalue weighted by Gasteiger charge is -2.35. The molecule has 0 aromatic carbocycles. The molecular formula is C15H19N7. The van der Waals surface area contributed by atoms with Crippen molar-refractivity contribution in [3.05, 3.63) is 43.4 Å². The van der Waals surface area contributed by atoms with Gasteiger partial charge in [0.2, 0.25) is 11.9 Å². The first-order valence-corrected chi connectivity index (χ1v) is 7.31. The lowest BCUT2D eigenvalue weighted by molar-refractivity contribution is 0.634. The zero-order chi connectivity index (χ0) is 15.2. The minimum absolute atomic E-state index is 0.631. The Morgan fingerprint density at radius 3 is 2.50 bits per heavy atom. The molecule has 1 fully saturated rings. The molecule has 7 heteroatoms. The number of nitrogens with zero attached hydrogens (tertiary/aromatic N) is 6. The second-order valence-electron chi connectivity index (χ2n) is 4.93. The molecular weight excluding hydrogens is 278 g/mol. The van der Waals surface area contributed by atoms with Gasteiger partial charge in [0.15, 0.2) is 0 Å². The summed E-state index contributed by atoms with van der Waals surface area (Å²) in [5.41, 5.74) is 0. The highest BCUT2D eigenvalue weighted by Crippen LogP contribution is 2.16. The summed E-state index contributed by atoms with van der Waals surface area (Å²) in [7, 11) is 0. The molecule has 1 aliphatic rings. The normalized spacial score (nSPS) is 14.7. The third kappa shape index (κ3) is 3.30. The van der Waals surface area contributed by atoms with E-state index in [4.69, 9.17) is 0 Å². The van der Waals surface area contributed by atoms with Crippen LogP contribution in [0.2, 0.25) is 0 Å². The topological polar surface area (TPSA) is 70.1 Å². The van der Waals surface area contributed by atoms with E-state index < -0.39 is 0 Å². The molecule has 0 saturated carbocycles. The second-order valence-corrected chi connectivity index (χ2v) is 4.93. The van der Waals surface area contributed by atoms with E-state index in [1.165, 1.54) is 0 Å². The highest BCUT2D eigenvalue weighted by atomic mass is 15.3. The zero-order valence-corrected chi connectivity index (χ0v) is 12.4. The second kappa shape index (κ2) is 6.84. The maximum Gasteiger partial charge on any atom is 0.225 e. The molecule has 0 spiro atoms. The minimum atomic E-state index is 0.631. The minimum Gasteiger partial charge on any atom is -0.353 e. The molecule has 1 aliphatic heterocycles. The van der Waals surface area contributed by atoms with E-state index in [9.17, 15) is 0 Å². The van der Waals surface area contributed by atoms with Gasteiger partial charge in [-0.3, -0.25) is 0 Å². The van der Waals surface area contributed by atoms with Crippen LogP contribution >= 0.6 is 0 Å². The molecule has 0 radical (unpaired) electrons. The van der Waals surface area contributed by atoms with Crippen LogP contribution in [0.1, 0.15) is 0 Å². The van der Waals surface area contributed by atoms with Gasteiger partial charge in [-0.2, -0.15) is 4.98 Å². The lowest BCUT2D eigenvalue weighted by Crippen LogP contribution is -2.47. The highest BCUT2D eigenvalue weighted by Gasteiger charge is 2.19. The van der Waals surface area contributed by atoms with Crippen molar-refractivity contribution in [3.63, 3.8) is 0 Å². The summed E-state index contributed by atoms with van der Waals surface area (Å²) in [6, 6.07) is 3.77. The van der Waals surface area contributed by atoms with Gasteiger partial charge in [-0.1, -0.05) is 6.08 Å². The smallest absolute Gasteiger partial charge is 0.225 e. The Bertz CT molecular complexity index is 608. The van der Waals surface area contributed by atoms with E-state index in [2.05, 4.69) is 41.6 Å². The van der Waals surface area contributed by atoms with Gasteiger partial charge in [0, 0.05) is 51.3 Å². The average Bonchev–Trinajstić information content (AvgIpc) is 2.61. The number of rotatable bonds is 5. The fraction of sp³-hybridized carbons (Fsp3) is 0.333. The van der Waals surface area contributed by atoms with E-state index in [1.54, 1.807) is 24.7 Å². The first-order chi connectivity index (χ1) is 10.9. The summed E-state index contributed by atoms with van der Waals surface area (Å²) in [6.45, 7) is 7.86. The van der Waals surface area contributed by atoms with Gasteiger partial charge < -0.3 is 15.1 Å². The van der Waals surface area contributed by atoms with Crippen LogP contribution in [0.5, 0.6) is 0 Å². The van der Waals surface area contributed by atoms with E-state index in [-0.39, 0.29) is 0 Å².